The van der Waals surface area contributed by atoms with Crippen molar-refractivity contribution in [2.24, 2.45) is 0 Å². The number of ether oxygens (including phenoxy) is 1. The number of amides is 1. The van der Waals surface area contributed by atoms with Gasteiger partial charge in [-0.1, -0.05) is 37.6 Å². The van der Waals surface area contributed by atoms with Gasteiger partial charge in [0, 0.05) is 29.5 Å². The van der Waals surface area contributed by atoms with Crippen LogP contribution in [0.5, 0.6) is 5.75 Å². The average molecular weight is 494 g/mol. The van der Waals surface area contributed by atoms with Crippen molar-refractivity contribution in [1.82, 2.24) is 19.7 Å². The highest BCUT2D eigenvalue weighted by atomic mass is 32.1. The number of carbonyl (C=O) groups excluding carboxylic acids is 1. The van der Waals surface area contributed by atoms with Crippen LogP contribution in [0.4, 0.5) is 5.13 Å². The van der Waals surface area contributed by atoms with Gasteiger partial charge in [0.25, 0.3) is 0 Å². The number of aryl methyl sites for hydroxylation is 1. The molecule has 7 nitrogen and oxygen atoms in total. The Bertz CT molecular complexity index is 1290. The highest BCUT2D eigenvalue weighted by molar-refractivity contribution is 7.71. The number of thiazole rings is 1. The fourth-order valence-electron chi connectivity index (χ4n) is 3.57. The molecule has 0 unspecified atom stereocenters. The fourth-order valence-corrected chi connectivity index (χ4v) is 4.53. The zero-order chi connectivity index (χ0) is 23.9. The third-order valence-electron chi connectivity index (χ3n) is 5.49. The Labute approximate surface area is 207 Å². The van der Waals surface area contributed by atoms with E-state index < -0.39 is 0 Å². The van der Waals surface area contributed by atoms with Crippen LogP contribution in [0, 0.1) is 4.77 Å². The number of anilines is 1. The van der Waals surface area contributed by atoms with Gasteiger partial charge in [-0.15, -0.1) is 11.3 Å². The maximum absolute atomic E-state index is 12.6. The van der Waals surface area contributed by atoms with Gasteiger partial charge in [0.2, 0.25) is 5.91 Å². The first kappa shape index (κ1) is 23.8. The number of aromatic amines is 1. The normalized spacial score (nSPS) is 10.9. The second-order valence-corrected chi connectivity index (χ2v) is 9.11. The van der Waals surface area contributed by atoms with E-state index in [0.29, 0.717) is 22.3 Å². The van der Waals surface area contributed by atoms with Gasteiger partial charge in [-0.2, -0.15) is 5.10 Å². The van der Waals surface area contributed by atoms with Crippen LogP contribution >= 0.6 is 23.6 Å². The Hall–Kier alpha value is -3.30. The molecule has 0 fully saturated rings. The summed E-state index contributed by atoms with van der Waals surface area (Å²) >= 11 is 6.79. The number of rotatable bonds is 10. The summed E-state index contributed by atoms with van der Waals surface area (Å²) in [6.07, 6.45) is 3.72. The highest BCUT2D eigenvalue weighted by Gasteiger charge is 2.13. The molecule has 2 aromatic carbocycles. The SMILES string of the molecule is CCCCc1ccc(-c2csc(NC(=O)CCn3c(-c4ccc(OC)cc4)n[nH]c3=S)n2)cc1. The maximum atomic E-state index is 12.6. The minimum atomic E-state index is -0.125. The lowest BCUT2D eigenvalue weighted by Gasteiger charge is -2.07. The second-order valence-electron chi connectivity index (χ2n) is 7.87. The molecule has 2 N–H and O–H groups in total. The maximum Gasteiger partial charge on any atom is 0.227 e. The molecule has 0 aliphatic heterocycles. The van der Waals surface area contributed by atoms with Gasteiger partial charge >= 0.3 is 0 Å². The predicted octanol–water partition coefficient (Wildman–Crippen LogP) is 6.11. The minimum absolute atomic E-state index is 0.125. The summed E-state index contributed by atoms with van der Waals surface area (Å²) in [5.74, 6) is 1.32. The third kappa shape index (κ3) is 5.78. The van der Waals surface area contributed by atoms with E-state index in [1.165, 1.54) is 29.7 Å². The molecule has 0 aliphatic rings. The Balaban J connectivity index is 1.37. The van der Waals surface area contributed by atoms with E-state index in [1.807, 2.05) is 34.2 Å². The fraction of sp³-hybridized carbons (Fsp3) is 0.280. The second kappa shape index (κ2) is 11.2. The number of benzene rings is 2. The summed E-state index contributed by atoms with van der Waals surface area (Å²) in [5.41, 5.74) is 4.13. The van der Waals surface area contributed by atoms with Crippen LogP contribution in [-0.4, -0.2) is 32.8 Å². The van der Waals surface area contributed by atoms with Gasteiger partial charge in [0.15, 0.2) is 15.7 Å². The summed E-state index contributed by atoms with van der Waals surface area (Å²) in [5, 5.41) is 12.6. The van der Waals surface area contributed by atoms with Crippen molar-refractivity contribution in [3.8, 4) is 28.4 Å². The molecule has 0 aliphatic carbocycles. The summed E-state index contributed by atoms with van der Waals surface area (Å²) < 4.78 is 7.51. The van der Waals surface area contributed by atoms with E-state index in [-0.39, 0.29) is 12.3 Å². The van der Waals surface area contributed by atoms with E-state index in [4.69, 9.17) is 17.0 Å². The van der Waals surface area contributed by atoms with Crippen LogP contribution in [0.15, 0.2) is 53.9 Å². The monoisotopic (exact) mass is 493 g/mol. The van der Waals surface area contributed by atoms with Crippen molar-refractivity contribution in [2.45, 2.75) is 39.2 Å². The van der Waals surface area contributed by atoms with E-state index in [2.05, 4.69) is 51.7 Å². The molecule has 0 atom stereocenters. The number of hydrogen-bond donors (Lipinski definition) is 2. The van der Waals surface area contributed by atoms with Crippen molar-refractivity contribution in [3.63, 3.8) is 0 Å². The topological polar surface area (TPSA) is 84.8 Å². The van der Waals surface area contributed by atoms with Crippen LogP contribution in [0.1, 0.15) is 31.7 Å². The lowest BCUT2D eigenvalue weighted by atomic mass is 10.1. The predicted molar refractivity (Wildman–Crippen MR) is 139 cm³/mol. The number of nitrogens with one attached hydrogen (secondary N) is 2. The van der Waals surface area contributed by atoms with Crippen molar-refractivity contribution in [3.05, 3.63) is 64.2 Å². The number of methoxy groups -OCH3 is 1. The molecule has 34 heavy (non-hydrogen) atoms. The number of unbranched alkanes of at least 4 members (excludes halogenated alkanes) is 1. The lowest BCUT2D eigenvalue weighted by molar-refractivity contribution is -0.116. The standard InChI is InChI=1S/C25H27N5O2S2/c1-3-4-5-17-6-8-18(9-7-17)21-16-34-24(26-21)27-22(31)14-15-30-23(28-29-25(30)33)19-10-12-20(32-2)13-11-19/h6-13,16H,3-5,14-15H2,1-2H3,(H,29,33)(H,26,27,31). The molecule has 0 saturated heterocycles. The number of hydrogen-bond acceptors (Lipinski definition) is 6. The van der Waals surface area contributed by atoms with Crippen molar-refractivity contribution >= 4 is 34.6 Å². The van der Waals surface area contributed by atoms with Gasteiger partial charge in [-0.25, -0.2) is 4.98 Å². The zero-order valence-electron chi connectivity index (χ0n) is 19.2. The smallest absolute Gasteiger partial charge is 0.227 e. The van der Waals surface area contributed by atoms with Crippen LogP contribution in [0.2, 0.25) is 0 Å². The Morgan fingerprint density at radius 1 is 1.15 bits per heavy atom. The number of nitrogens with zero attached hydrogens (tertiary/aromatic N) is 3. The molecule has 4 rings (SSSR count). The Morgan fingerprint density at radius 2 is 1.88 bits per heavy atom. The highest BCUT2D eigenvalue weighted by Crippen LogP contribution is 2.26. The van der Waals surface area contributed by atoms with Crippen LogP contribution in [0.3, 0.4) is 0 Å². The number of carbonyl (C=O) groups is 1. The van der Waals surface area contributed by atoms with Crippen molar-refractivity contribution in [1.29, 1.82) is 0 Å². The summed E-state index contributed by atoms with van der Waals surface area (Å²) in [6.45, 7) is 2.60. The first-order chi connectivity index (χ1) is 16.6. The molecule has 9 heteroatoms. The van der Waals surface area contributed by atoms with E-state index >= 15 is 0 Å². The summed E-state index contributed by atoms with van der Waals surface area (Å²) in [7, 11) is 1.62. The quantitative estimate of drug-likeness (QED) is 0.260. The Morgan fingerprint density at radius 3 is 2.59 bits per heavy atom. The minimum Gasteiger partial charge on any atom is -0.497 e. The molecule has 4 aromatic rings. The molecule has 1 amide bonds. The third-order valence-corrected chi connectivity index (χ3v) is 6.56. The summed E-state index contributed by atoms with van der Waals surface area (Å²) in [4.78, 5) is 17.2. The van der Waals surface area contributed by atoms with Crippen LogP contribution in [0.25, 0.3) is 22.6 Å². The molecule has 0 bridgehead atoms. The van der Waals surface area contributed by atoms with E-state index in [1.54, 1.807) is 7.11 Å². The number of H-pyrrole nitrogens is 1. The largest absolute Gasteiger partial charge is 0.497 e. The molecular formula is C25H27N5O2S2. The molecule has 2 heterocycles. The van der Waals surface area contributed by atoms with Gasteiger partial charge < -0.3 is 10.1 Å². The molecule has 0 saturated carbocycles. The van der Waals surface area contributed by atoms with Crippen molar-refractivity contribution < 1.29 is 9.53 Å². The van der Waals surface area contributed by atoms with Gasteiger partial charge in [-0.3, -0.25) is 14.5 Å². The van der Waals surface area contributed by atoms with Gasteiger partial charge in [0.05, 0.1) is 12.8 Å². The lowest BCUT2D eigenvalue weighted by Crippen LogP contribution is -2.15. The molecule has 0 radical (unpaired) electrons. The van der Waals surface area contributed by atoms with E-state index in [9.17, 15) is 4.79 Å². The molecule has 176 valence electrons. The summed E-state index contributed by atoms with van der Waals surface area (Å²) in [6, 6.07) is 16.0. The Kier molecular flexibility index (Phi) is 7.87. The first-order valence-corrected chi connectivity index (χ1v) is 12.5. The number of aromatic nitrogens is 4. The molecule has 0 spiro atoms. The molecule has 2 aromatic heterocycles. The van der Waals surface area contributed by atoms with Gasteiger partial charge in [-0.05, 0) is 54.9 Å². The van der Waals surface area contributed by atoms with Crippen molar-refractivity contribution in [2.75, 3.05) is 12.4 Å². The van der Waals surface area contributed by atoms with Gasteiger partial charge in [0.1, 0.15) is 5.75 Å². The average Bonchev–Trinajstić information content (AvgIpc) is 3.48. The zero-order valence-corrected chi connectivity index (χ0v) is 20.8. The first-order valence-electron chi connectivity index (χ1n) is 11.2. The van der Waals surface area contributed by atoms with E-state index in [0.717, 1.165) is 29.0 Å². The van der Waals surface area contributed by atoms with Crippen LogP contribution in [-0.2, 0) is 17.8 Å². The van der Waals surface area contributed by atoms with Crippen LogP contribution < -0.4 is 10.1 Å². The molecular weight excluding hydrogens is 466 g/mol.